The third-order valence-electron chi connectivity index (χ3n) is 2.77. The summed E-state index contributed by atoms with van der Waals surface area (Å²) in [5.41, 5.74) is 1.12. The molecule has 1 aromatic carbocycles. The molecular formula is C15H25IN4O2. The molecule has 0 aliphatic rings. The van der Waals surface area contributed by atoms with Crippen molar-refractivity contribution in [2.45, 2.75) is 6.54 Å². The lowest BCUT2D eigenvalue weighted by atomic mass is 10.2. The molecule has 1 aromatic rings. The Morgan fingerprint density at radius 3 is 2.50 bits per heavy atom. The third-order valence-corrected chi connectivity index (χ3v) is 2.77. The van der Waals surface area contributed by atoms with Crippen LogP contribution in [-0.4, -0.2) is 57.7 Å². The van der Waals surface area contributed by atoms with Crippen LogP contribution in [0.1, 0.15) is 5.56 Å². The van der Waals surface area contributed by atoms with E-state index in [1.165, 1.54) is 4.90 Å². The molecule has 0 heterocycles. The van der Waals surface area contributed by atoms with Crippen molar-refractivity contribution in [2.24, 2.45) is 4.99 Å². The smallest absolute Gasteiger partial charge is 0.241 e. The second-order valence-electron chi connectivity index (χ2n) is 4.71. The van der Waals surface area contributed by atoms with Gasteiger partial charge in [0.25, 0.3) is 0 Å². The van der Waals surface area contributed by atoms with E-state index in [1.807, 2.05) is 30.3 Å². The van der Waals surface area contributed by atoms with Crippen molar-refractivity contribution in [2.75, 3.05) is 40.9 Å². The molecule has 6 nitrogen and oxygen atoms in total. The highest BCUT2D eigenvalue weighted by Gasteiger charge is 2.05. The number of nitrogens with one attached hydrogen (secondary N) is 2. The van der Waals surface area contributed by atoms with Crippen LogP contribution >= 0.6 is 24.0 Å². The first-order valence-electron chi connectivity index (χ1n) is 6.88. The minimum Gasteiger partial charge on any atom is -0.383 e. The maximum Gasteiger partial charge on any atom is 0.241 e. The van der Waals surface area contributed by atoms with Crippen LogP contribution in [0.2, 0.25) is 0 Å². The van der Waals surface area contributed by atoms with Crippen molar-refractivity contribution in [3.8, 4) is 0 Å². The van der Waals surface area contributed by atoms with Crippen molar-refractivity contribution in [1.82, 2.24) is 15.5 Å². The first-order valence-corrected chi connectivity index (χ1v) is 6.88. The fourth-order valence-corrected chi connectivity index (χ4v) is 1.52. The summed E-state index contributed by atoms with van der Waals surface area (Å²) < 4.78 is 5.00. The fourth-order valence-electron chi connectivity index (χ4n) is 1.52. The highest BCUT2D eigenvalue weighted by atomic mass is 127. The van der Waals surface area contributed by atoms with Crippen LogP contribution in [0.5, 0.6) is 0 Å². The quantitative estimate of drug-likeness (QED) is 0.300. The fraction of sp³-hybridized carbons (Fsp3) is 0.467. The number of benzene rings is 1. The van der Waals surface area contributed by atoms with E-state index in [0.717, 1.165) is 5.56 Å². The number of guanidine groups is 1. The molecule has 0 atom stereocenters. The molecule has 124 valence electrons. The molecule has 0 saturated heterocycles. The Bertz CT molecular complexity index is 452. The van der Waals surface area contributed by atoms with Crippen LogP contribution in [0.4, 0.5) is 0 Å². The van der Waals surface area contributed by atoms with Gasteiger partial charge in [0.1, 0.15) is 0 Å². The Labute approximate surface area is 149 Å². The zero-order valence-corrected chi connectivity index (χ0v) is 15.7. The van der Waals surface area contributed by atoms with E-state index < -0.39 is 0 Å². The number of amides is 1. The van der Waals surface area contributed by atoms with Gasteiger partial charge < -0.3 is 20.3 Å². The van der Waals surface area contributed by atoms with Crippen molar-refractivity contribution in [3.05, 3.63) is 35.9 Å². The molecule has 0 fully saturated rings. The normalized spacial score (nSPS) is 10.6. The van der Waals surface area contributed by atoms with Gasteiger partial charge in [0, 0.05) is 27.7 Å². The average Bonchev–Trinajstić information content (AvgIpc) is 2.50. The Morgan fingerprint density at radius 2 is 1.91 bits per heavy atom. The van der Waals surface area contributed by atoms with Gasteiger partial charge in [0.2, 0.25) is 5.91 Å². The highest BCUT2D eigenvalue weighted by Crippen LogP contribution is 1.99. The molecule has 0 aliphatic heterocycles. The first-order chi connectivity index (χ1) is 10.1. The molecule has 1 rings (SSSR count). The number of methoxy groups -OCH3 is 1. The predicted molar refractivity (Wildman–Crippen MR) is 99.6 cm³/mol. The van der Waals surface area contributed by atoms with E-state index in [2.05, 4.69) is 15.6 Å². The summed E-state index contributed by atoms with van der Waals surface area (Å²) in [6.45, 7) is 1.97. The summed E-state index contributed by atoms with van der Waals surface area (Å²) in [5.74, 6) is 0.599. The van der Waals surface area contributed by atoms with E-state index in [0.29, 0.717) is 25.7 Å². The Balaban J connectivity index is 0.00000441. The highest BCUT2D eigenvalue weighted by molar-refractivity contribution is 14.0. The summed E-state index contributed by atoms with van der Waals surface area (Å²) in [5, 5.41) is 6.15. The van der Waals surface area contributed by atoms with E-state index in [4.69, 9.17) is 4.74 Å². The molecule has 1 amide bonds. The number of ether oxygens (including phenoxy) is 1. The van der Waals surface area contributed by atoms with Crippen LogP contribution in [0.15, 0.2) is 35.3 Å². The molecule has 0 aromatic heterocycles. The summed E-state index contributed by atoms with van der Waals surface area (Å²) >= 11 is 0. The van der Waals surface area contributed by atoms with Gasteiger partial charge in [0.15, 0.2) is 5.96 Å². The standard InChI is InChI=1S/C15H24N4O2.HI/c1-19(2)14(20)12-18-15(16-9-10-21-3)17-11-13-7-5-4-6-8-13;/h4-8H,9-12H2,1-3H3,(H2,16,17,18);1H. The summed E-state index contributed by atoms with van der Waals surface area (Å²) in [6, 6.07) is 9.96. The lowest BCUT2D eigenvalue weighted by Crippen LogP contribution is -2.43. The molecule has 22 heavy (non-hydrogen) atoms. The van der Waals surface area contributed by atoms with Crippen LogP contribution < -0.4 is 10.6 Å². The number of carbonyl (C=O) groups is 1. The molecule has 0 spiro atoms. The summed E-state index contributed by atoms with van der Waals surface area (Å²) in [7, 11) is 5.10. The topological polar surface area (TPSA) is 66.0 Å². The first kappa shape index (κ1) is 20.6. The van der Waals surface area contributed by atoms with Crippen LogP contribution in [0, 0.1) is 0 Å². The van der Waals surface area contributed by atoms with Crippen molar-refractivity contribution in [3.63, 3.8) is 0 Å². The van der Waals surface area contributed by atoms with Gasteiger partial charge in [0.05, 0.1) is 19.7 Å². The third kappa shape index (κ3) is 8.83. The Kier molecular flexibility index (Phi) is 11.5. The SMILES string of the molecule is COCCNC(=NCc1ccccc1)NCC(=O)N(C)C.I. The zero-order valence-electron chi connectivity index (χ0n) is 13.3. The van der Waals surface area contributed by atoms with Gasteiger partial charge >= 0.3 is 0 Å². The van der Waals surface area contributed by atoms with Crippen LogP contribution in [0.25, 0.3) is 0 Å². The molecule has 0 unspecified atom stereocenters. The molecule has 7 heteroatoms. The molecule has 0 aliphatic carbocycles. The van der Waals surface area contributed by atoms with Crippen LogP contribution in [0.3, 0.4) is 0 Å². The van der Waals surface area contributed by atoms with Gasteiger partial charge in [-0.3, -0.25) is 4.79 Å². The maximum absolute atomic E-state index is 11.6. The van der Waals surface area contributed by atoms with Gasteiger partial charge in [-0.05, 0) is 5.56 Å². The minimum absolute atomic E-state index is 0. The number of hydrogen-bond donors (Lipinski definition) is 2. The largest absolute Gasteiger partial charge is 0.383 e. The van der Waals surface area contributed by atoms with E-state index >= 15 is 0 Å². The number of rotatable bonds is 7. The minimum atomic E-state index is -0.00375. The van der Waals surface area contributed by atoms with Crippen molar-refractivity contribution >= 4 is 35.8 Å². The molecule has 2 N–H and O–H groups in total. The van der Waals surface area contributed by atoms with Gasteiger partial charge in [-0.1, -0.05) is 30.3 Å². The lowest BCUT2D eigenvalue weighted by Gasteiger charge is -2.14. The number of hydrogen-bond acceptors (Lipinski definition) is 3. The van der Waals surface area contributed by atoms with Crippen molar-refractivity contribution < 1.29 is 9.53 Å². The van der Waals surface area contributed by atoms with Crippen LogP contribution in [-0.2, 0) is 16.1 Å². The average molecular weight is 420 g/mol. The van der Waals surface area contributed by atoms with E-state index in [-0.39, 0.29) is 36.4 Å². The maximum atomic E-state index is 11.6. The monoisotopic (exact) mass is 420 g/mol. The number of aliphatic imine (C=N–C) groups is 1. The molecular weight excluding hydrogens is 395 g/mol. The number of likely N-dealkylation sites (N-methyl/N-ethyl adjacent to an activating group) is 1. The predicted octanol–water partition coefficient (Wildman–Crippen LogP) is 1.07. The molecule has 0 saturated carbocycles. The Morgan fingerprint density at radius 1 is 1.23 bits per heavy atom. The lowest BCUT2D eigenvalue weighted by molar-refractivity contribution is -0.127. The van der Waals surface area contributed by atoms with Crippen molar-refractivity contribution in [1.29, 1.82) is 0 Å². The molecule has 0 bridgehead atoms. The zero-order chi connectivity index (χ0) is 15.5. The van der Waals surface area contributed by atoms with Gasteiger partial charge in [-0.2, -0.15) is 0 Å². The van der Waals surface area contributed by atoms with E-state index in [9.17, 15) is 4.79 Å². The molecule has 0 radical (unpaired) electrons. The number of nitrogens with zero attached hydrogens (tertiary/aromatic N) is 2. The number of carbonyl (C=O) groups excluding carboxylic acids is 1. The second-order valence-corrected chi connectivity index (χ2v) is 4.71. The summed E-state index contributed by atoms with van der Waals surface area (Å²) in [4.78, 5) is 17.6. The second kappa shape index (κ2) is 12.2. The summed E-state index contributed by atoms with van der Waals surface area (Å²) in [6.07, 6.45) is 0. The Hall–Kier alpha value is -1.35. The number of halogens is 1. The van der Waals surface area contributed by atoms with E-state index in [1.54, 1.807) is 21.2 Å². The van der Waals surface area contributed by atoms with Gasteiger partial charge in [-0.25, -0.2) is 4.99 Å². The van der Waals surface area contributed by atoms with Gasteiger partial charge in [-0.15, -0.1) is 24.0 Å².